The third-order valence-electron chi connectivity index (χ3n) is 2.31. The summed E-state index contributed by atoms with van der Waals surface area (Å²) in [6, 6.07) is 7.46. The van der Waals surface area contributed by atoms with Gasteiger partial charge in [-0.15, -0.1) is 0 Å². The molecular formula is C13H15BrO2. The Morgan fingerprint density at radius 1 is 1.50 bits per heavy atom. The van der Waals surface area contributed by atoms with Crippen LogP contribution in [0, 0.1) is 0 Å². The summed E-state index contributed by atoms with van der Waals surface area (Å²) >= 11 is 3.35. The van der Waals surface area contributed by atoms with E-state index in [9.17, 15) is 9.90 Å². The van der Waals surface area contributed by atoms with Gasteiger partial charge in [-0.1, -0.05) is 39.7 Å². The van der Waals surface area contributed by atoms with Gasteiger partial charge >= 0.3 is 5.97 Å². The van der Waals surface area contributed by atoms with Crippen LogP contribution in [-0.4, -0.2) is 11.1 Å². The van der Waals surface area contributed by atoms with Crippen LogP contribution in [0.5, 0.6) is 0 Å². The lowest BCUT2D eigenvalue weighted by atomic mass is 9.95. The Morgan fingerprint density at radius 3 is 2.69 bits per heavy atom. The molecule has 0 saturated heterocycles. The van der Waals surface area contributed by atoms with Crippen molar-refractivity contribution in [3.63, 3.8) is 0 Å². The average molecular weight is 283 g/mol. The van der Waals surface area contributed by atoms with E-state index in [0.29, 0.717) is 6.42 Å². The molecule has 1 atom stereocenters. The van der Waals surface area contributed by atoms with Crippen molar-refractivity contribution in [2.75, 3.05) is 0 Å². The Hall–Kier alpha value is -1.09. The zero-order valence-corrected chi connectivity index (χ0v) is 11.0. The van der Waals surface area contributed by atoms with Gasteiger partial charge in [0.05, 0.1) is 5.92 Å². The first-order valence-electron chi connectivity index (χ1n) is 5.12. The van der Waals surface area contributed by atoms with Gasteiger partial charge in [-0.25, -0.2) is 0 Å². The number of aliphatic carboxylic acids is 1. The Balaban J connectivity index is 2.94. The van der Waals surface area contributed by atoms with E-state index in [4.69, 9.17) is 0 Å². The van der Waals surface area contributed by atoms with E-state index in [-0.39, 0.29) is 0 Å². The van der Waals surface area contributed by atoms with Crippen LogP contribution in [0.15, 0.2) is 40.4 Å². The molecule has 0 heterocycles. The maximum Gasteiger partial charge on any atom is 0.311 e. The smallest absolute Gasteiger partial charge is 0.311 e. The Kier molecular flexibility index (Phi) is 4.74. The monoisotopic (exact) mass is 282 g/mol. The van der Waals surface area contributed by atoms with Crippen LogP contribution < -0.4 is 0 Å². The Morgan fingerprint density at radius 2 is 2.19 bits per heavy atom. The second kappa shape index (κ2) is 5.85. The minimum absolute atomic E-state index is 0.465. The molecule has 0 fully saturated rings. The minimum atomic E-state index is -0.782. The summed E-state index contributed by atoms with van der Waals surface area (Å²) in [6.45, 7) is 3.94. The van der Waals surface area contributed by atoms with E-state index in [1.807, 2.05) is 44.2 Å². The Labute approximate surface area is 104 Å². The number of carboxylic acid groups (broad SMARTS) is 1. The average Bonchev–Trinajstić information content (AvgIpc) is 2.17. The molecule has 1 aromatic carbocycles. The molecule has 86 valence electrons. The van der Waals surface area contributed by atoms with Crippen LogP contribution in [0.2, 0.25) is 0 Å². The summed E-state index contributed by atoms with van der Waals surface area (Å²) in [5.74, 6) is -1.25. The molecule has 0 bridgehead atoms. The van der Waals surface area contributed by atoms with Crippen molar-refractivity contribution in [3.8, 4) is 0 Å². The molecule has 2 nitrogen and oxygen atoms in total. The second-order valence-corrected chi connectivity index (χ2v) is 4.88. The quantitative estimate of drug-likeness (QED) is 0.849. The van der Waals surface area contributed by atoms with Crippen LogP contribution in [0.3, 0.4) is 0 Å². The van der Waals surface area contributed by atoms with Crippen molar-refractivity contribution in [1.82, 2.24) is 0 Å². The van der Waals surface area contributed by atoms with Gasteiger partial charge < -0.3 is 5.11 Å². The van der Waals surface area contributed by atoms with Gasteiger partial charge in [-0.3, -0.25) is 4.79 Å². The van der Waals surface area contributed by atoms with Crippen LogP contribution >= 0.6 is 15.9 Å². The lowest BCUT2D eigenvalue weighted by molar-refractivity contribution is -0.138. The maximum atomic E-state index is 11.2. The third-order valence-corrected chi connectivity index (χ3v) is 2.80. The number of rotatable bonds is 4. The van der Waals surface area contributed by atoms with E-state index >= 15 is 0 Å². The summed E-state index contributed by atoms with van der Waals surface area (Å²) in [7, 11) is 0. The SMILES string of the molecule is CC(C)=CCC(C(=O)O)c1cccc(Br)c1. The predicted molar refractivity (Wildman–Crippen MR) is 68.6 cm³/mol. The largest absolute Gasteiger partial charge is 0.481 e. The van der Waals surface area contributed by atoms with E-state index in [1.54, 1.807) is 0 Å². The van der Waals surface area contributed by atoms with Crippen molar-refractivity contribution in [3.05, 3.63) is 46.0 Å². The molecule has 0 aliphatic rings. The molecule has 0 radical (unpaired) electrons. The van der Waals surface area contributed by atoms with Crippen molar-refractivity contribution in [1.29, 1.82) is 0 Å². The first-order valence-corrected chi connectivity index (χ1v) is 5.91. The normalized spacial score (nSPS) is 11.9. The zero-order chi connectivity index (χ0) is 12.1. The Bertz CT molecular complexity index is 406. The molecule has 1 N–H and O–H groups in total. The molecule has 0 saturated carbocycles. The fourth-order valence-corrected chi connectivity index (χ4v) is 1.87. The fourth-order valence-electron chi connectivity index (χ4n) is 1.46. The molecular weight excluding hydrogens is 268 g/mol. The van der Waals surface area contributed by atoms with Gasteiger partial charge in [0.2, 0.25) is 0 Å². The predicted octanol–water partition coefficient (Wildman–Crippen LogP) is 3.97. The molecule has 0 amide bonds. The number of benzene rings is 1. The van der Waals surface area contributed by atoms with Gasteiger partial charge in [-0.05, 0) is 38.0 Å². The highest BCUT2D eigenvalue weighted by Gasteiger charge is 2.18. The van der Waals surface area contributed by atoms with E-state index < -0.39 is 11.9 Å². The topological polar surface area (TPSA) is 37.3 Å². The molecule has 16 heavy (non-hydrogen) atoms. The van der Waals surface area contributed by atoms with Crippen LogP contribution in [0.1, 0.15) is 31.7 Å². The molecule has 1 aromatic rings. The highest BCUT2D eigenvalue weighted by Crippen LogP contribution is 2.24. The van der Waals surface area contributed by atoms with Crippen LogP contribution in [0.4, 0.5) is 0 Å². The fraction of sp³-hybridized carbons (Fsp3) is 0.308. The minimum Gasteiger partial charge on any atom is -0.481 e. The summed E-state index contributed by atoms with van der Waals surface area (Å²) in [6.07, 6.45) is 2.49. The number of carboxylic acids is 1. The van der Waals surface area contributed by atoms with E-state index in [0.717, 1.165) is 15.6 Å². The number of carbonyl (C=O) groups is 1. The number of hydrogen-bond donors (Lipinski definition) is 1. The van der Waals surface area contributed by atoms with Gasteiger partial charge in [0.1, 0.15) is 0 Å². The number of halogens is 1. The lowest BCUT2D eigenvalue weighted by Crippen LogP contribution is -2.10. The molecule has 0 aliphatic heterocycles. The summed E-state index contributed by atoms with van der Waals surface area (Å²) < 4.78 is 0.911. The molecule has 0 aromatic heterocycles. The van der Waals surface area contributed by atoms with E-state index in [1.165, 1.54) is 0 Å². The third kappa shape index (κ3) is 3.81. The molecule has 1 rings (SSSR count). The second-order valence-electron chi connectivity index (χ2n) is 3.96. The first-order chi connectivity index (χ1) is 7.50. The van der Waals surface area contributed by atoms with Crippen molar-refractivity contribution >= 4 is 21.9 Å². The van der Waals surface area contributed by atoms with E-state index in [2.05, 4.69) is 15.9 Å². The number of allylic oxidation sites excluding steroid dienone is 2. The highest BCUT2D eigenvalue weighted by molar-refractivity contribution is 9.10. The first kappa shape index (κ1) is 13.0. The summed E-state index contributed by atoms with van der Waals surface area (Å²) in [5.41, 5.74) is 1.97. The van der Waals surface area contributed by atoms with Crippen LogP contribution in [-0.2, 0) is 4.79 Å². The molecule has 3 heteroatoms. The summed E-state index contributed by atoms with van der Waals surface area (Å²) in [5, 5.41) is 9.19. The molecule has 0 aliphatic carbocycles. The van der Waals surface area contributed by atoms with Gasteiger partial charge in [0, 0.05) is 4.47 Å². The van der Waals surface area contributed by atoms with Gasteiger partial charge in [-0.2, -0.15) is 0 Å². The van der Waals surface area contributed by atoms with Crippen LogP contribution in [0.25, 0.3) is 0 Å². The number of hydrogen-bond acceptors (Lipinski definition) is 1. The molecule has 0 spiro atoms. The highest BCUT2D eigenvalue weighted by atomic mass is 79.9. The van der Waals surface area contributed by atoms with Gasteiger partial charge in [0.25, 0.3) is 0 Å². The standard InChI is InChI=1S/C13H15BrO2/c1-9(2)6-7-12(13(15)16)10-4-3-5-11(14)8-10/h3-6,8,12H,7H2,1-2H3,(H,15,16). The summed E-state index contributed by atoms with van der Waals surface area (Å²) in [4.78, 5) is 11.2. The molecule has 1 unspecified atom stereocenters. The van der Waals surface area contributed by atoms with Crippen molar-refractivity contribution in [2.24, 2.45) is 0 Å². The van der Waals surface area contributed by atoms with Gasteiger partial charge in [0.15, 0.2) is 0 Å². The lowest BCUT2D eigenvalue weighted by Gasteiger charge is -2.11. The van der Waals surface area contributed by atoms with Crippen molar-refractivity contribution in [2.45, 2.75) is 26.2 Å². The zero-order valence-electron chi connectivity index (χ0n) is 9.40. The van der Waals surface area contributed by atoms with Crippen molar-refractivity contribution < 1.29 is 9.90 Å². The maximum absolute atomic E-state index is 11.2.